The summed E-state index contributed by atoms with van der Waals surface area (Å²) in [4.78, 5) is 9.02. The van der Waals surface area contributed by atoms with Crippen molar-refractivity contribution in [2.45, 2.75) is 30.7 Å². The van der Waals surface area contributed by atoms with Gasteiger partial charge in [-0.2, -0.15) is 8.42 Å². The van der Waals surface area contributed by atoms with Gasteiger partial charge in [-0.25, -0.2) is 22.4 Å². The van der Waals surface area contributed by atoms with Gasteiger partial charge in [-0.05, 0) is 43.9 Å². The molecule has 0 spiro atoms. The number of fused-ring (bicyclic) bond motifs is 3. The van der Waals surface area contributed by atoms with Crippen LogP contribution in [0.25, 0.3) is 22.1 Å². The van der Waals surface area contributed by atoms with Crippen molar-refractivity contribution < 1.29 is 21.0 Å². The van der Waals surface area contributed by atoms with Crippen molar-refractivity contribution in [1.29, 1.82) is 0 Å². The van der Waals surface area contributed by atoms with Crippen LogP contribution in [-0.4, -0.2) is 48.2 Å². The van der Waals surface area contributed by atoms with Gasteiger partial charge < -0.3 is 4.57 Å². The van der Waals surface area contributed by atoms with E-state index in [0.717, 1.165) is 30.2 Å². The van der Waals surface area contributed by atoms with E-state index in [0.29, 0.717) is 16.6 Å². The zero-order valence-electron chi connectivity index (χ0n) is 17.5. The van der Waals surface area contributed by atoms with Crippen molar-refractivity contribution in [2.24, 2.45) is 5.92 Å². The van der Waals surface area contributed by atoms with Crippen molar-refractivity contribution in [3.05, 3.63) is 54.6 Å². The molecule has 9 nitrogen and oxygen atoms in total. The minimum atomic E-state index is -3.79. The molecule has 0 bridgehead atoms. The van der Waals surface area contributed by atoms with E-state index in [4.69, 9.17) is 4.18 Å². The topological polar surface area (TPSA) is 113 Å². The number of hydrogen-bond donors (Lipinski definition) is 0. The zero-order valence-corrected chi connectivity index (χ0v) is 19.2. The predicted molar refractivity (Wildman–Crippen MR) is 119 cm³/mol. The summed E-state index contributed by atoms with van der Waals surface area (Å²) in [6, 6.07) is 8.59. The molecule has 5 rings (SSSR count). The van der Waals surface area contributed by atoms with Crippen molar-refractivity contribution in [2.75, 3.05) is 12.9 Å². The van der Waals surface area contributed by atoms with Crippen LogP contribution in [0.5, 0.6) is 0 Å². The second kappa shape index (κ2) is 7.39. The molecular formula is C21H22N4O5S2. The molecule has 4 aromatic rings. The van der Waals surface area contributed by atoms with E-state index >= 15 is 0 Å². The van der Waals surface area contributed by atoms with Crippen LogP contribution in [0, 0.1) is 12.8 Å². The molecule has 3 aromatic heterocycles. The maximum absolute atomic E-state index is 13.2. The van der Waals surface area contributed by atoms with Crippen LogP contribution in [0.2, 0.25) is 0 Å². The van der Waals surface area contributed by atoms with Crippen LogP contribution in [0.15, 0.2) is 53.9 Å². The predicted octanol–water partition coefficient (Wildman–Crippen LogP) is 2.86. The number of benzene rings is 1. The first kappa shape index (κ1) is 21.1. The minimum absolute atomic E-state index is 0.135. The largest absolute Gasteiger partial charge is 0.327 e. The van der Waals surface area contributed by atoms with E-state index in [1.165, 1.54) is 10.2 Å². The van der Waals surface area contributed by atoms with Gasteiger partial charge in [0, 0.05) is 17.6 Å². The molecule has 0 radical (unpaired) electrons. The minimum Gasteiger partial charge on any atom is -0.327 e. The Hall–Kier alpha value is -2.76. The van der Waals surface area contributed by atoms with Crippen LogP contribution >= 0.6 is 0 Å². The SMILES string of the molecule is Cc1ccc(S(=O)(=O)n2ccc3c2ncc2ncn([C@H]4C[C@@H](COS(C)(=O)=O)C4)c23)cc1. The van der Waals surface area contributed by atoms with Crippen molar-refractivity contribution >= 4 is 42.2 Å². The van der Waals surface area contributed by atoms with Crippen LogP contribution in [0.4, 0.5) is 0 Å². The Kier molecular flexibility index (Phi) is 4.88. The Balaban J connectivity index is 1.50. The molecule has 0 N–H and O–H groups in total. The molecule has 0 unspecified atom stereocenters. The lowest BCUT2D eigenvalue weighted by atomic mass is 9.80. The molecule has 32 heavy (non-hydrogen) atoms. The summed E-state index contributed by atoms with van der Waals surface area (Å²) >= 11 is 0. The normalized spacial score (nSPS) is 19.4. The number of hydrogen-bond acceptors (Lipinski definition) is 7. The van der Waals surface area contributed by atoms with Gasteiger partial charge in [0.1, 0.15) is 5.52 Å². The van der Waals surface area contributed by atoms with Gasteiger partial charge in [-0.1, -0.05) is 17.7 Å². The summed E-state index contributed by atoms with van der Waals surface area (Å²) in [5.41, 5.74) is 2.82. The Morgan fingerprint density at radius 2 is 1.78 bits per heavy atom. The third kappa shape index (κ3) is 3.59. The molecule has 0 saturated heterocycles. The fraction of sp³-hybridized carbons (Fsp3) is 0.333. The van der Waals surface area contributed by atoms with E-state index in [9.17, 15) is 16.8 Å². The number of rotatable bonds is 6. The first-order chi connectivity index (χ1) is 15.1. The zero-order chi connectivity index (χ0) is 22.7. The summed E-state index contributed by atoms with van der Waals surface area (Å²) in [5.74, 6) is 0.149. The lowest BCUT2D eigenvalue weighted by Crippen LogP contribution is -2.30. The highest BCUT2D eigenvalue weighted by atomic mass is 32.2. The summed E-state index contributed by atoms with van der Waals surface area (Å²) in [6.07, 6.45) is 7.40. The molecule has 0 amide bonds. The van der Waals surface area contributed by atoms with Gasteiger partial charge in [0.2, 0.25) is 0 Å². The fourth-order valence-electron chi connectivity index (χ4n) is 4.16. The second-order valence-electron chi connectivity index (χ2n) is 8.29. The molecule has 11 heteroatoms. The van der Waals surface area contributed by atoms with Gasteiger partial charge in [0.25, 0.3) is 20.1 Å². The lowest BCUT2D eigenvalue weighted by Gasteiger charge is -2.36. The highest BCUT2D eigenvalue weighted by molar-refractivity contribution is 7.90. The summed E-state index contributed by atoms with van der Waals surface area (Å²) in [6.45, 7) is 2.07. The smallest absolute Gasteiger partial charge is 0.269 e. The lowest BCUT2D eigenvalue weighted by molar-refractivity contribution is 0.131. The number of nitrogens with zero attached hydrogens (tertiary/aromatic N) is 4. The van der Waals surface area contributed by atoms with Crippen molar-refractivity contribution in [3.63, 3.8) is 0 Å². The molecule has 0 atom stereocenters. The summed E-state index contributed by atoms with van der Waals surface area (Å²) in [5, 5.41) is 0.700. The third-order valence-corrected chi connectivity index (χ3v) is 8.16. The molecule has 1 aliphatic rings. The first-order valence-electron chi connectivity index (χ1n) is 10.1. The van der Waals surface area contributed by atoms with Crippen LogP contribution in [0.3, 0.4) is 0 Å². The highest BCUT2D eigenvalue weighted by Gasteiger charge is 2.33. The maximum atomic E-state index is 13.2. The molecule has 3 heterocycles. The monoisotopic (exact) mass is 474 g/mol. The van der Waals surface area contributed by atoms with Gasteiger partial charge in [-0.15, -0.1) is 0 Å². The van der Waals surface area contributed by atoms with E-state index in [1.807, 2.05) is 11.5 Å². The van der Waals surface area contributed by atoms with Gasteiger partial charge in [0.05, 0.1) is 35.8 Å². The average molecular weight is 475 g/mol. The molecule has 1 saturated carbocycles. The average Bonchev–Trinajstić information content (AvgIpc) is 3.30. The second-order valence-corrected chi connectivity index (χ2v) is 11.7. The van der Waals surface area contributed by atoms with Gasteiger partial charge in [-0.3, -0.25) is 4.18 Å². The van der Waals surface area contributed by atoms with Gasteiger partial charge >= 0.3 is 0 Å². The molecule has 0 aliphatic heterocycles. The summed E-state index contributed by atoms with van der Waals surface area (Å²) in [7, 11) is -7.25. The molecular weight excluding hydrogens is 452 g/mol. The van der Waals surface area contributed by atoms with Crippen molar-refractivity contribution in [3.8, 4) is 0 Å². The maximum Gasteiger partial charge on any atom is 0.269 e. The summed E-state index contributed by atoms with van der Waals surface area (Å²) < 4.78 is 57.0. The van der Waals surface area contributed by atoms with E-state index in [1.54, 1.807) is 42.9 Å². The van der Waals surface area contributed by atoms with E-state index in [2.05, 4.69) is 9.97 Å². The Bertz CT molecular complexity index is 1530. The number of aromatic nitrogens is 4. The molecule has 1 fully saturated rings. The first-order valence-corrected chi connectivity index (χ1v) is 13.4. The van der Waals surface area contributed by atoms with Crippen LogP contribution in [0.1, 0.15) is 24.4 Å². The Morgan fingerprint density at radius 1 is 1.06 bits per heavy atom. The molecule has 168 valence electrons. The van der Waals surface area contributed by atoms with Crippen LogP contribution in [-0.2, 0) is 24.3 Å². The highest BCUT2D eigenvalue weighted by Crippen LogP contribution is 2.41. The fourth-order valence-corrected chi connectivity index (χ4v) is 5.91. The molecule has 1 aromatic carbocycles. The van der Waals surface area contributed by atoms with E-state index < -0.39 is 20.1 Å². The van der Waals surface area contributed by atoms with Gasteiger partial charge in [0.15, 0.2) is 5.65 Å². The number of imidazole rings is 1. The van der Waals surface area contributed by atoms with Crippen LogP contribution < -0.4 is 0 Å². The quantitative estimate of drug-likeness (QED) is 0.395. The molecule has 1 aliphatic carbocycles. The Labute approximate surface area is 185 Å². The Morgan fingerprint density at radius 3 is 2.47 bits per heavy atom. The van der Waals surface area contributed by atoms with E-state index in [-0.39, 0.29) is 23.5 Å². The number of aryl methyl sites for hydroxylation is 1. The number of pyridine rings is 1. The standard InChI is InChI=1S/C21H22N4O5S2/c1-14-3-5-17(6-4-14)32(28,29)25-8-7-18-20-19(11-22-21(18)25)23-13-24(20)16-9-15(10-16)12-30-31(2,26)27/h3-8,11,13,15-16H,9-10,12H2,1-2H3/t15-,16+. The third-order valence-electron chi connectivity index (χ3n) is 5.91. The van der Waals surface area contributed by atoms with Crippen molar-refractivity contribution in [1.82, 2.24) is 18.5 Å².